The molecule has 0 N–H and O–H groups in total. The van der Waals surface area contributed by atoms with Gasteiger partial charge in [-0.3, -0.25) is 9.59 Å². The van der Waals surface area contributed by atoms with Gasteiger partial charge in [0.25, 0.3) is 0 Å². The fourth-order valence-electron chi connectivity index (χ4n) is 2.19. The molecular formula is C14H15BrFNO2. The Morgan fingerprint density at radius 3 is 2.47 bits per heavy atom. The van der Waals surface area contributed by atoms with Crippen LogP contribution in [-0.2, 0) is 9.59 Å². The summed E-state index contributed by atoms with van der Waals surface area (Å²) in [7, 11) is 0. The molecule has 1 aliphatic heterocycles. The Bertz CT molecular complexity index is 558. The molecule has 1 aromatic carbocycles. The van der Waals surface area contributed by atoms with Crippen LogP contribution in [0.4, 0.5) is 10.1 Å². The van der Waals surface area contributed by atoms with Gasteiger partial charge in [-0.25, -0.2) is 9.29 Å². The molecular weight excluding hydrogens is 313 g/mol. The van der Waals surface area contributed by atoms with Gasteiger partial charge in [-0.15, -0.1) is 0 Å². The minimum absolute atomic E-state index is 0.0208. The third kappa shape index (κ3) is 2.20. The van der Waals surface area contributed by atoms with Crippen LogP contribution in [0.5, 0.6) is 0 Å². The zero-order valence-corrected chi connectivity index (χ0v) is 12.6. The van der Waals surface area contributed by atoms with Crippen molar-refractivity contribution in [2.45, 2.75) is 27.2 Å². The molecule has 1 saturated heterocycles. The summed E-state index contributed by atoms with van der Waals surface area (Å²) in [6.45, 7) is 5.55. The van der Waals surface area contributed by atoms with Gasteiger partial charge in [-0.1, -0.05) is 29.8 Å². The van der Waals surface area contributed by atoms with Crippen LogP contribution in [0.2, 0.25) is 0 Å². The molecule has 1 aliphatic rings. The number of anilines is 1. The van der Waals surface area contributed by atoms with Gasteiger partial charge < -0.3 is 0 Å². The number of benzene rings is 1. The van der Waals surface area contributed by atoms with Crippen molar-refractivity contribution in [2.24, 2.45) is 11.3 Å². The molecule has 1 fully saturated rings. The minimum atomic E-state index is -0.753. The number of halogens is 2. The van der Waals surface area contributed by atoms with Gasteiger partial charge in [0.2, 0.25) is 11.8 Å². The Morgan fingerprint density at radius 1 is 1.37 bits per heavy atom. The molecule has 0 radical (unpaired) electrons. The first kappa shape index (κ1) is 14.2. The number of hydrogen-bond acceptors (Lipinski definition) is 2. The van der Waals surface area contributed by atoms with E-state index < -0.39 is 11.2 Å². The first-order chi connectivity index (χ1) is 8.77. The van der Waals surface area contributed by atoms with Crippen molar-refractivity contribution < 1.29 is 14.0 Å². The quantitative estimate of drug-likeness (QED) is 0.779. The van der Waals surface area contributed by atoms with Crippen LogP contribution in [0.25, 0.3) is 0 Å². The summed E-state index contributed by atoms with van der Waals surface area (Å²) in [4.78, 5) is 25.5. The highest BCUT2D eigenvalue weighted by Crippen LogP contribution is 2.41. The SMILES string of the molecule is CC(C)C1(C)CC(=O)N(c2ccc(Br)cc2F)C1=O. The van der Waals surface area contributed by atoms with E-state index in [2.05, 4.69) is 15.9 Å². The normalized spacial score (nSPS) is 23.6. The molecule has 1 unspecified atom stereocenters. The van der Waals surface area contributed by atoms with Crippen molar-refractivity contribution in [1.82, 2.24) is 0 Å². The standard InChI is InChI=1S/C14H15BrFNO2/c1-8(2)14(3)7-12(18)17(13(14)19)11-5-4-9(15)6-10(11)16/h4-6,8H,7H2,1-3H3. The van der Waals surface area contributed by atoms with E-state index in [9.17, 15) is 14.0 Å². The van der Waals surface area contributed by atoms with E-state index in [0.717, 1.165) is 4.90 Å². The molecule has 0 spiro atoms. The maximum absolute atomic E-state index is 13.9. The number of amides is 2. The van der Waals surface area contributed by atoms with Gasteiger partial charge in [0, 0.05) is 10.9 Å². The smallest absolute Gasteiger partial charge is 0.240 e. The summed E-state index contributed by atoms with van der Waals surface area (Å²) in [5.74, 6) is -1.23. The Hall–Kier alpha value is -1.23. The molecule has 0 bridgehead atoms. The maximum Gasteiger partial charge on any atom is 0.240 e. The zero-order chi connectivity index (χ0) is 14.4. The predicted molar refractivity (Wildman–Crippen MR) is 74.2 cm³/mol. The second kappa shape index (κ2) is 4.71. The van der Waals surface area contributed by atoms with Crippen molar-refractivity contribution in [3.05, 3.63) is 28.5 Å². The Labute approximate surface area is 119 Å². The number of rotatable bonds is 2. The average molecular weight is 328 g/mol. The molecule has 1 heterocycles. The molecule has 2 rings (SSSR count). The third-order valence-corrected chi connectivity index (χ3v) is 4.38. The zero-order valence-electron chi connectivity index (χ0n) is 11.0. The lowest BCUT2D eigenvalue weighted by molar-refractivity contribution is -0.126. The van der Waals surface area contributed by atoms with Crippen LogP contribution >= 0.6 is 15.9 Å². The van der Waals surface area contributed by atoms with Gasteiger partial charge in [-0.2, -0.15) is 0 Å². The highest BCUT2D eigenvalue weighted by atomic mass is 79.9. The van der Waals surface area contributed by atoms with Crippen LogP contribution in [0.15, 0.2) is 22.7 Å². The first-order valence-corrected chi connectivity index (χ1v) is 6.89. The summed E-state index contributed by atoms with van der Waals surface area (Å²) in [6.07, 6.45) is 0.124. The summed E-state index contributed by atoms with van der Waals surface area (Å²) >= 11 is 3.15. The molecule has 5 heteroatoms. The molecule has 102 valence electrons. The highest BCUT2D eigenvalue weighted by Gasteiger charge is 2.51. The largest absolute Gasteiger partial charge is 0.274 e. The van der Waals surface area contributed by atoms with Crippen LogP contribution in [0.1, 0.15) is 27.2 Å². The van der Waals surface area contributed by atoms with Crippen LogP contribution in [0.3, 0.4) is 0 Å². The van der Waals surface area contributed by atoms with Gasteiger partial charge in [-0.05, 0) is 31.0 Å². The second-order valence-electron chi connectivity index (χ2n) is 5.38. The summed E-state index contributed by atoms with van der Waals surface area (Å²) in [6, 6.07) is 4.31. The summed E-state index contributed by atoms with van der Waals surface area (Å²) in [5.41, 5.74) is -0.723. The summed E-state index contributed by atoms with van der Waals surface area (Å²) in [5, 5.41) is 0. The van der Waals surface area contributed by atoms with E-state index in [0.29, 0.717) is 4.47 Å². The number of imide groups is 1. The minimum Gasteiger partial charge on any atom is -0.274 e. The first-order valence-electron chi connectivity index (χ1n) is 6.10. The lowest BCUT2D eigenvalue weighted by Crippen LogP contribution is -2.37. The molecule has 19 heavy (non-hydrogen) atoms. The number of nitrogens with zero attached hydrogens (tertiary/aromatic N) is 1. The van der Waals surface area contributed by atoms with Crippen LogP contribution in [-0.4, -0.2) is 11.8 Å². The van der Waals surface area contributed by atoms with Crippen molar-refractivity contribution in [3.8, 4) is 0 Å². The Morgan fingerprint density at radius 2 is 2.00 bits per heavy atom. The maximum atomic E-state index is 13.9. The summed E-state index contributed by atoms with van der Waals surface area (Å²) < 4.78 is 14.5. The molecule has 1 atom stereocenters. The van der Waals surface area contributed by atoms with Crippen molar-refractivity contribution in [2.75, 3.05) is 4.90 Å². The lowest BCUT2D eigenvalue weighted by Gasteiger charge is -2.26. The lowest BCUT2D eigenvalue weighted by atomic mass is 9.78. The second-order valence-corrected chi connectivity index (χ2v) is 6.29. The molecule has 0 aliphatic carbocycles. The van der Waals surface area contributed by atoms with Crippen molar-refractivity contribution in [3.63, 3.8) is 0 Å². The van der Waals surface area contributed by atoms with Crippen LogP contribution in [0, 0.1) is 17.2 Å². The number of carbonyl (C=O) groups excluding carboxylic acids is 2. The van der Waals surface area contributed by atoms with Gasteiger partial charge in [0.05, 0.1) is 11.1 Å². The van der Waals surface area contributed by atoms with Gasteiger partial charge >= 0.3 is 0 Å². The molecule has 0 saturated carbocycles. The molecule has 1 aromatic rings. The van der Waals surface area contributed by atoms with Gasteiger partial charge in [0.15, 0.2) is 0 Å². The fourth-order valence-corrected chi connectivity index (χ4v) is 2.53. The van der Waals surface area contributed by atoms with Gasteiger partial charge in [0.1, 0.15) is 5.82 Å². The van der Waals surface area contributed by atoms with Crippen molar-refractivity contribution in [1.29, 1.82) is 0 Å². The van der Waals surface area contributed by atoms with E-state index in [-0.39, 0.29) is 29.8 Å². The Kier molecular flexibility index (Phi) is 3.51. The topological polar surface area (TPSA) is 37.4 Å². The van der Waals surface area contributed by atoms with E-state index >= 15 is 0 Å². The average Bonchev–Trinajstić information content (AvgIpc) is 2.53. The molecule has 2 amide bonds. The number of carbonyl (C=O) groups is 2. The van der Waals surface area contributed by atoms with E-state index in [1.54, 1.807) is 13.0 Å². The van der Waals surface area contributed by atoms with E-state index in [1.807, 2.05) is 13.8 Å². The molecule has 0 aromatic heterocycles. The third-order valence-electron chi connectivity index (χ3n) is 3.88. The predicted octanol–water partition coefficient (Wildman–Crippen LogP) is 3.51. The fraction of sp³-hybridized carbons (Fsp3) is 0.429. The number of hydrogen-bond donors (Lipinski definition) is 0. The van der Waals surface area contributed by atoms with Crippen molar-refractivity contribution >= 4 is 33.4 Å². The highest BCUT2D eigenvalue weighted by molar-refractivity contribution is 9.10. The monoisotopic (exact) mass is 327 g/mol. The molecule has 3 nitrogen and oxygen atoms in total. The van der Waals surface area contributed by atoms with Crippen LogP contribution < -0.4 is 4.90 Å². The Balaban J connectivity index is 2.46. The van der Waals surface area contributed by atoms with E-state index in [1.165, 1.54) is 12.1 Å². The van der Waals surface area contributed by atoms with E-state index in [4.69, 9.17) is 0 Å².